The fourth-order valence-electron chi connectivity index (χ4n) is 1.81. The summed E-state index contributed by atoms with van der Waals surface area (Å²) in [7, 11) is 0. The topological polar surface area (TPSA) is 115 Å². The van der Waals surface area contributed by atoms with Crippen molar-refractivity contribution in [2.45, 2.75) is 39.0 Å². The maximum Gasteiger partial charge on any atom is 0.330 e. The van der Waals surface area contributed by atoms with E-state index in [1.165, 1.54) is 13.8 Å². The average Bonchev–Trinajstić information content (AvgIpc) is 2.61. The predicted molar refractivity (Wildman–Crippen MR) is 102 cm³/mol. The maximum atomic E-state index is 9.60. The van der Waals surface area contributed by atoms with Crippen LogP contribution in [0.1, 0.15) is 39.2 Å². The van der Waals surface area contributed by atoms with E-state index in [4.69, 9.17) is 10.2 Å². The Labute approximate surface area is 155 Å². The monoisotopic (exact) mass is 366 g/mol. The van der Waals surface area contributed by atoms with E-state index in [0.29, 0.717) is 0 Å². The molecule has 0 saturated heterocycles. The maximum absolute atomic E-state index is 9.60. The van der Waals surface area contributed by atoms with Gasteiger partial charge in [0.05, 0.1) is 13.2 Å². The molecule has 146 valence electrons. The summed E-state index contributed by atoms with van der Waals surface area (Å²) in [5.74, 6) is -1.87. The third-order valence-corrected chi connectivity index (χ3v) is 3.45. The summed E-state index contributed by atoms with van der Waals surface area (Å²) in [6.45, 7) is 11.3. The van der Waals surface area contributed by atoms with Crippen LogP contribution in [0.25, 0.3) is 0 Å². The number of aliphatic hydroxyl groups excluding tert-OH is 2. The summed E-state index contributed by atoms with van der Waals surface area (Å²) >= 11 is 0. The molecule has 26 heavy (non-hydrogen) atoms. The van der Waals surface area contributed by atoms with Gasteiger partial charge in [-0.15, -0.1) is 0 Å². The molecule has 0 heterocycles. The van der Waals surface area contributed by atoms with Crippen LogP contribution in [0.4, 0.5) is 0 Å². The summed E-state index contributed by atoms with van der Waals surface area (Å²) < 4.78 is 0. The van der Waals surface area contributed by atoms with Gasteiger partial charge in [-0.05, 0) is 25.8 Å². The number of carboxylic acid groups (broad SMARTS) is 2. The molecular formula is C20H30O6. The molecule has 0 unspecified atom stereocenters. The van der Waals surface area contributed by atoms with E-state index in [0.717, 1.165) is 18.4 Å². The van der Waals surface area contributed by atoms with Crippen LogP contribution in [0.5, 0.6) is 0 Å². The van der Waals surface area contributed by atoms with Gasteiger partial charge in [-0.2, -0.15) is 0 Å². The van der Waals surface area contributed by atoms with Crippen LogP contribution in [-0.4, -0.2) is 45.6 Å². The molecule has 4 N–H and O–H groups in total. The van der Waals surface area contributed by atoms with Gasteiger partial charge in [0.15, 0.2) is 0 Å². The summed E-state index contributed by atoms with van der Waals surface area (Å²) in [6.07, 6.45) is 1.76. The van der Waals surface area contributed by atoms with Crippen molar-refractivity contribution in [2.24, 2.45) is 0 Å². The van der Waals surface area contributed by atoms with E-state index in [-0.39, 0.29) is 24.4 Å². The molecule has 0 aliphatic carbocycles. The molecule has 6 heteroatoms. The molecule has 0 atom stereocenters. The quantitative estimate of drug-likeness (QED) is 0.552. The largest absolute Gasteiger partial charge is 0.478 e. The van der Waals surface area contributed by atoms with Gasteiger partial charge in [0, 0.05) is 16.6 Å². The highest BCUT2D eigenvalue weighted by Crippen LogP contribution is 2.28. The fourth-order valence-corrected chi connectivity index (χ4v) is 1.81. The number of aliphatic hydroxyl groups is 2. The Kier molecular flexibility index (Phi) is 13.7. The molecule has 0 fully saturated rings. The Hall–Kier alpha value is -2.44. The molecular weight excluding hydrogens is 336 g/mol. The first-order valence-corrected chi connectivity index (χ1v) is 8.12. The zero-order valence-corrected chi connectivity index (χ0v) is 15.7. The van der Waals surface area contributed by atoms with Crippen molar-refractivity contribution in [3.63, 3.8) is 0 Å². The molecule has 0 amide bonds. The number of hydrogen-bond donors (Lipinski definition) is 4. The van der Waals surface area contributed by atoms with Crippen LogP contribution in [-0.2, 0) is 15.0 Å². The molecule has 0 aliphatic rings. The first-order chi connectivity index (χ1) is 12.1. The number of carbonyl (C=O) groups is 2. The third-order valence-electron chi connectivity index (χ3n) is 3.45. The highest BCUT2D eigenvalue weighted by atomic mass is 16.4. The third kappa shape index (κ3) is 10.4. The van der Waals surface area contributed by atoms with Crippen molar-refractivity contribution in [1.29, 1.82) is 0 Å². The number of hydrogen-bond acceptors (Lipinski definition) is 4. The van der Waals surface area contributed by atoms with Crippen molar-refractivity contribution in [2.75, 3.05) is 13.2 Å². The van der Waals surface area contributed by atoms with Gasteiger partial charge < -0.3 is 20.4 Å². The highest BCUT2D eigenvalue weighted by molar-refractivity contribution is 5.85. The molecule has 0 bridgehead atoms. The summed E-state index contributed by atoms with van der Waals surface area (Å²) in [6, 6.07) is 9.73. The highest BCUT2D eigenvalue weighted by Gasteiger charge is 2.29. The molecule has 0 radical (unpaired) electrons. The Morgan fingerprint density at radius 2 is 1.27 bits per heavy atom. The Morgan fingerprint density at radius 3 is 1.50 bits per heavy atom. The van der Waals surface area contributed by atoms with Crippen LogP contribution in [0.15, 0.2) is 54.6 Å². The molecule has 1 rings (SSSR count). The number of carboxylic acids is 2. The first-order valence-electron chi connectivity index (χ1n) is 8.12. The lowest BCUT2D eigenvalue weighted by atomic mass is 9.78. The average molecular weight is 366 g/mol. The fraction of sp³-hybridized carbons (Fsp3) is 0.400. The Balaban J connectivity index is 0. The van der Waals surface area contributed by atoms with Crippen LogP contribution in [0, 0.1) is 0 Å². The van der Waals surface area contributed by atoms with Crippen LogP contribution in [0.3, 0.4) is 0 Å². The van der Waals surface area contributed by atoms with Crippen molar-refractivity contribution >= 4 is 11.9 Å². The van der Waals surface area contributed by atoms with Crippen LogP contribution >= 0.6 is 0 Å². The molecule has 0 aliphatic heterocycles. The van der Waals surface area contributed by atoms with Gasteiger partial charge in [-0.25, -0.2) is 9.59 Å². The van der Waals surface area contributed by atoms with Gasteiger partial charge in [0.2, 0.25) is 0 Å². The van der Waals surface area contributed by atoms with Crippen molar-refractivity contribution in [1.82, 2.24) is 0 Å². The second-order valence-corrected chi connectivity index (χ2v) is 5.88. The number of benzene rings is 1. The van der Waals surface area contributed by atoms with Gasteiger partial charge in [0.25, 0.3) is 0 Å². The van der Waals surface area contributed by atoms with Crippen LogP contribution < -0.4 is 0 Å². The zero-order chi connectivity index (χ0) is 20.8. The summed E-state index contributed by atoms with van der Waals surface area (Å²) in [4.78, 5) is 19.2. The summed E-state index contributed by atoms with van der Waals surface area (Å²) in [5, 5.41) is 34.6. The first kappa shape index (κ1) is 25.8. The van der Waals surface area contributed by atoms with Gasteiger partial charge in [0.1, 0.15) is 0 Å². The lowest BCUT2D eigenvalue weighted by Gasteiger charge is -2.29. The zero-order valence-electron chi connectivity index (χ0n) is 15.7. The minimum Gasteiger partial charge on any atom is -0.478 e. The van der Waals surface area contributed by atoms with Crippen molar-refractivity contribution in [3.8, 4) is 0 Å². The van der Waals surface area contributed by atoms with Gasteiger partial charge in [-0.1, -0.05) is 56.8 Å². The minimum atomic E-state index is -0.935. The SMILES string of the molecule is C=C(C)C(=O)O.C=C(C)C(=O)O.CCCC(CO)(CO)c1ccccc1. The van der Waals surface area contributed by atoms with E-state index in [2.05, 4.69) is 20.1 Å². The lowest BCUT2D eigenvalue weighted by molar-refractivity contribution is -0.133. The number of rotatable bonds is 7. The van der Waals surface area contributed by atoms with Crippen molar-refractivity contribution in [3.05, 3.63) is 60.2 Å². The van der Waals surface area contributed by atoms with Gasteiger partial charge >= 0.3 is 11.9 Å². The lowest BCUT2D eigenvalue weighted by Crippen LogP contribution is -2.34. The second-order valence-electron chi connectivity index (χ2n) is 5.88. The standard InChI is InChI=1S/C12H18O2.2C4H6O2/c1-2-8-12(9-13,10-14)11-6-4-3-5-7-11;2*1-3(2)4(5)6/h3-7,13-14H,2,8-10H2,1H3;2*1H2,2H3,(H,5,6). The Bertz CT molecular complexity index is 525. The predicted octanol–water partition coefficient (Wildman–Crippen LogP) is 3.00. The smallest absolute Gasteiger partial charge is 0.330 e. The summed E-state index contributed by atoms with van der Waals surface area (Å²) in [5.41, 5.74) is 0.910. The molecule has 6 nitrogen and oxygen atoms in total. The van der Waals surface area contributed by atoms with E-state index in [1.807, 2.05) is 30.3 Å². The Morgan fingerprint density at radius 1 is 0.923 bits per heavy atom. The number of aliphatic carboxylic acids is 2. The second kappa shape index (κ2) is 13.8. The molecule has 0 spiro atoms. The molecule has 1 aromatic carbocycles. The van der Waals surface area contributed by atoms with E-state index >= 15 is 0 Å². The van der Waals surface area contributed by atoms with Gasteiger partial charge in [-0.3, -0.25) is 0 Å². The normalized spacial score (nSPS) is 9.73. The minimum absolute atomic E-state index is 0.00134. The van der Waals surface area contributed by atoms with E-state index < -0.39 is 17.4 Å². The van der Waals surface area contributed by atoms with Crippen LogP contribution in [0.2, 0.25) is 0 Å². The molecule has 0 saturated carbocycles. The van der Waals surface area contributed by atoms with Crippen molar-refractivity contribution < 1.29 is 30.0 Å². The molecule has 0 aromatic heterocycles. The molecule has 1 aromatic rings. The van der Waals surface area contributed by atoms with E-state index in [9.17, 15) is 19.8 Å². The van der Waals surface area contributed by atoms with E-state index in [1.54, 1.807) is 0 Å².